The van der Waals surface area contributed by atoms with E-state index in [1.54, 1.807) is 24.3 Å². The van der Waals surface area contributed by atoms with Gasteiger partial charge in [0.25, 0.3) is 0 Å². The van der Waals surface area contributed by atoms with Crippen LogP contribution in [0.3, 0.4) is 0 Å². The van der Waals surface area contributed by atoms with Gasteiger partial charge in [-0.2, -0.15) is 0 Å². The summed E-state index contributed by atoms with van der Waals surface area (Å²) in [6.45, 7) is 10.5. The molecule has 1 rings (SSSR count). The molecule has 0 aliphatic heterocycles. The topological polar surface area (TPSA) is 47.9 Å². The second-order valence-electron chi connectivity index (χ2n) is 9.38. The third-order valence-corrected chi connectivity index (χ3v) is 6.41. The predicted molar refractivity (Wildman–Crippen MR) is 133 cm³/mol. The highest BCUT2D eigenvalue weighted by Gasteiger charge is 2.15. The molecule has 180 valence electrons. The van der Waals surface area contributed by atoms with Crippen LogP contribution in [0.25, 0.3) is 0 Å². The molecule has 1 aromatic carbocycles. The molecule has 0 aromatic heterocycles. The normalized spacial score (nSPS) is 11.7. The lowest BCUT2D eigenvalue weighted by atomic mass is 10.0. The molecule has 0 fully saturated rings. The molecular weight excluding hydrogens is 407 g/mol. The van der Waals surface area contributed by atoms with Gasteiger partial charge in [0.05, 0.1) is 13.2 Å². The number of hydrogen-bond acceptors (Lipinski definition) is 4. The maximum absolute atomic E-state index is 9.46. The highest BCUT2D eigenvalue weighted by molar-refractivity contribution is 7.42. The Hall–Kier alpha value is -0.830. The summed E-state index contributed by atoms with van der Waals surface area (Å²) in [5.41, 5.74) is 0. The average molecular weight is 455 g/mol. The van der Waals surface area contributed by atoms with E-state index in [0.717, 1.165) is 24.7 Å². The van der Waals surface area contributed by atoms with Gasteiger partial charge in [-0.25, -0.2) is 0 Å². The fourth-order valence-corrected chi connectivity index (χ4v) is 4.36. The van der Waals surface area contributed by atoms with E-state index in [2.05, 4.69) is 27.7 Å². The molecule has 0 radical (unpaired) electrons. The van der Waals surface area contributed by atoms with Crippen LogP contribution in [0.4, 0.5) is 0 Å². The number of aromatic hydroxyl groups is 1. The van der Waals surface area contributed by atoms with Crippen molar-refractivity contribution in [1.29, 1.82) is 0 Å². The van der Waals surface area contributed by atoms with Crippen molar-refractivity contribution in [1.82, 2.24) is 0 Å². The van der Waals surface area contributed by atoms with Crippen LogP contribution in [-0.4, -0.2) is 18.3 Å². The molecule has 0 spiro atoms. The molecule has 1 aromatic rings. The number of phenolic OH excluding ortho intramolecular Hbond substituents is 1. The predicted octanol–water partition coefficient (Wildman–Crippen LogP) is 9.02. The van der Waals surface area contributed by atoms with Crippen molar-refractivity contribution in [2.75, 3.05) is 13.2 Å². The zero-order valence-corrected chi connectivity index (χ0v) is 21.4. The van der Waals surface area contributed by atoms with Crippen molar-refractivity contribution in [2.45, 2.75) is 105 Å². The zero-order valence-electron chi connectivity index (χ0n) is 20.5. The van der Waals surface area contributed by atoms with E-state index in [-0.39, 0.29) is 5.75 Å². The van der Waals surface area contributed by atoms with Gasteiger partial charge in [0.2, 0.25) is 0 Å². The number of rotatable bonds is 20. The third-order valence-electron chi connectivity index (χ3n) is 5.26. The fourth-order valence-electron chi connectivity index (χ4n) is 3.33. The van der Waals surface area contributed by atoms with Crippen LogP contribution in [0.1, 0.15) is 105 Å². The van der Waals surface area contributed by atoms with Gasteiger partial charge in [-0.15, -0.1) is 0 Å². The molecular formula is C26H47O4P. The first-order valence-corrected chi connectivity index (χ1v) is 13.6. The lowest BCUT2D eigenvalue weighted by Gasteiger charge is -2.17. The molecule has 0 saturated carbocycles. The fraction of sp³-hybridized carbons (Fsp3) is 0.769. The summed E-state index contributed by atoms with van der Waals surface area (Å²) in [6.07, 6.45) is 14.9. The third kappa shape index (κ3) is 17.4. The smallest absolute Gasteiger partial charge is 0.397 e. The Kier molecular flexibility index (Phi) is 17.0. The van der Waals surface area contributed by atoms with Crippen molar-refractivity contribution >= 4 is 8.60 Å². The molecule has 0 heterocycles. The first-order chi connectivity index (χ1) is 15.0. The summed E-state index contributed by atoms with van der Waals surface area (Å²) >= 11 is 0. The van der Waals surface area contributed by atoms with Crippen LogP contribution in [0.15, 0.2) is 24.3 Å². The van der Waals surface area contributed by atoms with Crippen molar-refractivity contribution < 1.29 is 18.7 Å². The van der Waals surface area contributed by atoms with Crippen LogP contribution in [0.5, 0.6) is 11.5 Å². The van der Waals surface area contributed by atoms with Gasteiger partial charge in [0.1, 0.15) is 11.5 Å². The minimum atomic E-state index is -1.40. The van der Waals surface area contributed by atoms with Gasteiger partial charge >= 0.3 is 8.60 Å². The summed E-state index contributed by atoms with van der Waals surface area (Å²) in [4.78, 5) is 0. The van der Waals surface area contributed by atoms with Gasteiger partial charge in [-0.1, -0.05) is 91.9 Å². The minimum Gasteiger partial charge on any atom is -0.508 e. The lowest BCUT2D eigenvalue weighted by molar-refractivity contribution is 0.198. The van der Waals surface area contributed by atoms with E-state index in [0.29, 0.717) is 19.0 Å². The molecule has 0 bridgehead atoms. The Morgan fingerprint density at radius 3 is 1.52 bits per heavy atom. The number of unbranched alkanes of at least 4 members (excludes halogenated alkanes) is 8. The van der Waals surface area contributed by atoms with E-state index in [4.69, 9.17) is 13.6 Å². The first kappa shape index (κ1) is 28.2. The van der Waals surface area contributed by atoms with Crippen LogP contribution in [0.2, 0.25) is 0 Å². The molecule has 0 atom stereocenters. The van der Waals surface area contributed by atoms with Crippen molar-refractivity contribution in [3.63, 3.8) is 0 Å². The summed E-state index contributed by atoms with van der Waals surface area (Å²) in [6, 6.07) is 6.75. The van der Waals surface area contributed by atoms with Crippen molar-refractivity contribution in [2.24, 2.45) is 11.8 Å². The summed E-state index contributed by atoms with van der Waals surface area (Å²) in [7, 11) is -1.40. The van der Waals surface area contributed by atoms with Gasteiger partial charge < -0.3 is 18.7 Å². The Bertz CT molecular complexity index is 495. The molecule has 4 nitrogen and oxygen atoms in total. The highest BCUT2D eigenvalue weighted by atomic mass is 31.2. The molecule has 0 unspecified atom stereocenters. The Morgan fingerprint density at radius 2 is 1.06 bits per heavy atom. The van der Waals surface area contributed by atoms with Crippen molar-refractivity contribution in [3.8, 4) is 11.5 Å². The average Bonchev–Trinajstić information content (AvgIpc) is 2.72. The highest BCUT2D eigenvalue weighted by Crippen LogP contribution is 2.41. The second kappa shape index (κ2) is 18.7. The van der Waals surface area contributed by atoms with E-state index >= 15 is 0 Å². The Balaban J connectivity index is 2.23. The minimum absolute atomic E-state index is 0.230. The van der Waals surface area contributed by atoms with E-state index < -0.39 is 8.60 Å². The van der Waals surface area contributed by atoms with Crippen LogP contribution >= 0.6 is 8.60 Å². The van der Waals surface area contributed by atoms with E-state index in [1.165, 1.54) is 64.2 Å². The first-order valence-electron chi connectivity index (χ1n) is 12.5. The van der Waals surface area contributed by atoms with Gasteiger partial charge in [-0.3, -0.25) is 0 Å². The monoisotopic (exact) mass is 454 g/mol. The van der Waals surface area contributed by atoms with Gasteiger partial charge in [-0.05, 0) is 48.9 Å². The molecule has 0 aliphatic carbocycles. The SMILES string of the molecule is CC(C)CCCCCCCOP(OCCCCCCCC(C)C)Oc1ccc(O)cc1. The maximum Gasteiger partial charge on any atom is 0.397 e. The Labute approximate surface area is 193 Å². The summed E-state index contributed by atoms with van der Waals surface area (Å²) < 4.78 is 17.8. The maximum atomic E-state index is 9.46. The zero-order chi connectivity index (χ0) is 22.7. The summed E-state index contributed by atoms with van der Waals surface area (Å²) in [5.74, 6) is 2.52. The molecule has 5 heteroatoms. The Morgan fingerprint density at radius 1 is 0.645 bits per heavy atom. The largest absolute Gasteiger partial charge is 0.508 e. The quantitative estimate of drug-likeness (QED) is 0.158. The number of hydrogen-bond donors (Lipinski definition) is 1. The van der Waals surface area contributed by atoms with Crippen molar-refractivity contribution in [3.05, 3.63) is 24.3 Å². The van der Waals surface area contributed by atoms with Crippen LogP contribution < -0.4 is 4.52 Å². The molecule has 1 N–H and O–H groups in total. The van der Waals surface area contributed by atoms with Crippen LogP contribution in [0, 0.1) is 11.8 Å². The number of benzene rings is 1. The molecule has 0 aliphatic rings. The summed E-state index contributed by atoms with van der Waals surface area (Å²) in [5, 5.41) is 9.46. The van der Waals surface area contributed by atoms with Gasteiger partial charge in [0.15, 0.2) is 0 Å². The number of phenols is 1. The molecule has 0 amide bonds. The molecule has 31 heavy (non-hydrogen) atoms. The standard InChI is InChI=1S/C26H47O4P/c1-23(2)15-11-7-5-9-13-21-28-31(30-26-19-17-25(27)18-20-26)29-22-14-10-6-8-12-16-24(3)4/h17-20,23-24,27H,5-16,21-22H2,1-4H3. The lowest BCUT2D eigenvalue weighted by Crippen LogP contribution is -2.01. The second-order valence-corrected chi connectivity index (χ2v) is 10.5. The van der Waals surface area contributed by atoms with Crippen LogP contribution in [-0.2, 0) is 9.05 Å². The van der Waals surface area contributed by atoms with E-state index in [1.807, 2.05) is 0 Å². The molecule has 0 saturated heterocycles. The van der Waals surface area contributed by atoms with Gasteiger partial charge in [0, 0.05) is 0 Å². The van der Waals surface area contributed by atoms with E-state index in [9.17, 15) is 5.11 Å².